The van der Waals surface area contributed by atoms with Crippen molar-refractivity contribution in [1.82, 2.24) is 9.78 Å². The number of carbonyl (C=O) groups excluding carboxylic acids is 1. The van der Waals surface area contributed by atoms with E-state index in [0.717, 1.165) is 24.0 Å². The van der Waals surface area contributed by atoms with E-state index in [0.29, 0.717) is 34.7 Å². The fraction of sp³-hybridized carbons (Fsp3) is 0.429. The zero-order valence-corrected chi connectivity index (χ0v) is 17.3. The summed E-state index contributed by atoms with van der Waals surface area (Å²) in [6.07, 6.45) is 3.34. The third kappa shape index (κ3) is 4.13. The Kier molecular flexibility index (Phi) is 6.72. The Morgan fingerprint density at radius 3 is 2.50 bits per heavy atom. The number of unbranched alkanes of at least 4 members (excludes halogenated alkanes) is 1. The summed E-state index contributed by atoms with van der Waals surface area (Å²) in [5.41, 5.74) is 3.60. The number of aryl methyl sites for hydroxylation is 1. The minimum absolute atomic E-state index is 0.00152. The summed E-state index contributed by atoms with van der Waals surface area (Å²) in [4.78, 5) is 24.4. The number of ketones is 1. The van der Waals surface area contributed by atoms with Gasteiger partial charge in [-0.2, -0.15) is 5.10 Å². The van der Waals surface area contributed by atoms with E-state index in [1.165, 1.54) is 23.0 Å². The fourth-order valence-electron chi connectivity index (χ4n) is 3.03. The number of allylic oxidation sites excluding steroid dienone is 2. The van der Waals surface area contributed by atoms with Crippen molar-refractivity contribution in [3.8, 4) is 5.88 Å². The Balaban J connectivity index is 2.58. The standard InChI is InChI=1S/C21H27N3O4/c1-7-8-11-28-21-17(12-22-23(21)6)20(25)16-9-10-18(24(26)27)19(15(16)5)14(4)13(2)3/h9-10,12H,7-8,11H2,1-6H3. The molecule has 0 N–H and O–H groups in total. The quantitative estimate of drug-likeness (QED) is 0.280. The summed E-state index contributed by atoms with van der Waals surface area (Å²) in [5.74, 6) is 0.159. The van der Waals surface area contributed by atoms with Gasteiger partial charge in [-0.3, -0.25) is 14.9 Å². The van der Waals surface area contributed by atoms with Crippen LogP contribution in [0.25, 0.3) is 5.57 Å². The van der Waals surface area contributed by atoms with Gasteiger partial charge >= 0.3 is 0 Å². The van der Waals surface area contributed by atoms with Crippen LogP contribution in [0.15, 0.2) is 23.9 Å². The Bertz CT molecular complexity index is 937. The van der Waals surface area contributed by atoms with Gasteiger partial charge in [0.05, 0.1) is 23.3 Å². The molecule has 0 aliphatic rings. The Morgan fingerprint density at radius 1 is 1.25 bits per heavy atom. The van der Waals surface area contributed by atoms with E-state index >= 15 is 0 Å². The van der Waals surface area contributed by atoms with E-state index in [1.54, 1.807) is 14.0 Å². The average molecular weight is 385 g/mol. The van der Waals surface area contributed by atoms with Crippen molar-refractivity contribution in [2.24, 2.45) is 7.05 Å². The first-order chi connectivity index (χ1) is 13.2. The van der Waals surface area contributed by atoms with Gasteiger partial charge in [0.1, 0.15) is 5.56 Å². The molecule has 0 saturated heterocycles. The number of aromatic nitrogens is 2. The van der Waals surface area contributed by atoms with Crippen LogP contribution in [0.5, 0.6) is 5.88 Å². The van der Waals surface area contributed by atoms with E-state index in [9.17, 15) is 14.9 Å². The van der Waals surface area contributed by atoms with Crippen LogP contribution in [0, 0.1) is 17.0 Å². The summed E-state index contributed by atoms with van der Waals surface area (Å²) in [6.45, 7) is 9.93. The zero-order valence-electron chi connectivity index (χ0n) is 17.3. The lowest BCUT2D eigenvalue weighted by Gasteiger charge is -2.14. The molecule has 0 amide bonds. The lowest BCUT2D eigenvalue weighted by molar-refractivity contribution is -0.385. The predicted molar refractivity (Wildman–Crippen MR) is 109 cm³/mol. The van der Waals surface area contributed by atoms with E-state index in [1.807, 2.05) is 20.8 Å². The first-order valence-electron chi connectivity index (χ1n) is 9.32. The second kappa shape index (κ2) is 8.82. The molecule has 1 aromatic carbocycles. The maximum Gasteiger partial charge on any atom is 0.277 e. The molecule has 0 fully saturated rings. The molecule has 7 nitrogen and oxygen atoms in total. The van der Waals surface area contributed by atoms with Crippen molar-refractivity contribution in [1.29, 1.82) is 0 Å². The molecular formula is C21H27N3O4. The lowest BCUT2D eigenvalue weighted by Crippen LogP contribution is -2.10. The highest BCUT2D eigenvalue weighted by molar-refractivity contribution is 6.12. The molecule has 0 bridgehead atoms. The van der Waals surface area contributed by atoms with Crippen molar-refractivity contribution >= 4 is 17.0 Å². The molecule has 0 aliphatic heterocycles. The molecule has 0 atom stereocenters. The molecule has 2 rings (SSSR count). The van der Waals surface area contributed by atoms with Gasteiger partial charge in [-0.25, -0.2) is 4.68 Å². The minimum atomic E-state index is -0.410. The molecule has 0 unspecified atom stereocenters. The van der Waals surface area contributed by atoms with Crippen LogP contribution in [0.3, 0.4) is 0 Å². The lowest BCUT2D eigenvalue weighted by atomic mass is 9.90. The Morgan fingerprint density at radius 2 is 1.93 bits per heavy atom. The number of nitrogens with zero attached hydrogens (tertiary/aromatic N) is 3. The van der Waals surface area contributed by atoms with Crippen LogP contribution in [0.1, 0.15) is 67.6 Å². The van der Waals surface area contributed by atoms with E-state index in [4.69, 9.17) is 4.74 Å². The molecule has 0 aliphatic carbocycles. The molecule has 0 radical (unpaired) electrons. The highest BCUT2D eigenvalue weighted by Gasteiger charge is 2.26. The average Bonchev–Trinajstić information content (AvgIpc) is 3.01. The van der Waals surface area contributed by atoms with E-state index in [2.05, 4.69) is 12.0 Å². The largest absolute Gasteiger partial charge is 0.477 e. The summed E-state index contributed by atoms with van der Waals surface area (Å²) >= 11 is 0. The topological polar surface area (TPSA) is 87.3 Å². The maximum absolute atomic E-state index is 13.2. The van der Waals surface area contributed by atoms with Gasteiger partial charge in [0.2, 0.25) is 5.88 Å². The maximum atomic E-state index is 13.2. The number of ether oxygens (including phenoxy) is 1. The Hall–Kier alpha value is -2.96. The van der Waals surface area contributed by atoms with Crippen LogP contribution in [-0.4, -0.2) is 27.1 Å². The second-order valence-electron chi connectivity index (χ2n) is 7.03. The second-order valence-corrected chi connectivity index (χ2v) is 7.03. The number of benzene rings is 1. The number of hydrogen-bond donors (Lipinski definition) is 0. The van der Waals surface area contributed by atoms with Gasteiger partial charge in [-0.05, 0) is 51.3 Å². The number of hydrogen-bond acceptors (Lipinski definition) is 5. The summed E-state index contributed by atoms with van der Waals surface area (Å²) in [5, 5.41) is 15.7. The van der Waals surface area contributed by atoms with Gasteiger partial charge in [0, 0.05) is 18.7 Å². The SMILES string of the molecule is CCCCOc1c(C(=O)c2ccc([N+](=O)[O-])c(C(C)=C(C)C)c2C)cnn1C. The van der Waals surface area contributed by atoms with Crippen LogP contribution >= 0.6 is 0 Å². The third-order valence-electron chi connectivity index (χ3n) is 4.87. The molecule has 0 spiro atoms. The van der Waals surface area contributed by atoms with Crippen molar-refractivity contribution in [2.75, 3.05) is 6.61 Å². The minimum Gasteiger partial charge on any atom is -0.477 e. The van der Waals surface area contributed by atoms with Crippen LogP contribution < -0.4 is 4.74 Å². The third-order valence-corrected chi connectivity index (χ3v) is 4.87. The zero-order chi connectivity index (χ0) is 21.0. The van der Waals surface area contributed by atoms with Crippen LogP contribution in [0.4, 0.5) is 5.69 Å². The number of nitro groups is 1. The normalized spacial score (nSPS) is 10.6. The predicted octanol–water partition coefficient (Wildman–Crippen LogP) is 4.86. The van der Waals surface area contributed by atoms with Gasteiger partial charge in [-0.15, -0.1) is 0 Å². The summed E-state index contributed by atoms with van der Waals surface area (Å²) < 4.78 is 7.30. The Labute approximate surface area is 165 Å². The van der Waals surface area contributed by atoms with Gasteiger partial charge in [-0.1, -0.05) is 18.9 Å². The van der Waals surface area contributed by atoms with Crippen LogP contribution in [-0.2, 0) is 7.05 Å². The number of rotatable bonds is 8. The molecule has 1 aromatic heterocycles. The molecular weight excluding hydrogens is 358 g/mol. The highest BCUT2D eigenvalue weighted by atomic mass is 16.6. The van der Waals surface area contributed by atoms with Crippen molar-refractivity contribution in [3.63, 3.8) is 0 Å². The molecule has 28 heavy (non-hydrogen) atoms. The molecule has 2 aromatic rings. The van der Waals surface area contributed by atoms with Crippen molar-refractivity contribution in [2.45, 2.75) is 47.5 Å². The van der Waals surface area contributed by atoms with Crippen LogP contribution in [0.2, 0.25) is 0 Å². The molecule has 1 heterocycles. The van der Waals surface area contributed by atoms with E-state index < -0.39 is 4.92 Å². The monoisotopic (exact) mass is 385 g/mol. The van der Waals surface area contributed by atoms with Crippen molar-refractivity contribution < 1.29 is 14.5 Å². The van der Waals surface area contributed by atoms with Crippen molar-refractivity contribution in [3.05, 3.63) is 56.3 Å². The molecule has 150 valence electrons. The first-order valence-corrected chi connectivity index (χ1v) is 9.32. The summed E-state index contributed by atoms with van der Waals surface area (Å²) in [7, 11) is 1.72. The highest BCUT2D eigenvalue weighted by Crippen LogP contribution is 2.34. The smallest absolute Gasteiger partial charge is 0.277 e. The number of carbonyl (C=O) groups is 1. The first kappa shape index (κ1) is 21.3. The number of nitro benzene ring substituents is 1. The van der Waals surface area contributed by atoms with E-state index in [-0.39, 0.29) is 11.5 Å². The molecule has 0 saturated carbocycles. The summed E-state index contributed by atoms with van der Waals surface area (Å²) in [6, 6.07) is 2.91. The van der Waals surface area contributed by atoms with Gasteiger partial charge in [0.15, 0.2) is 5.78 Å². The fourth-order valence-corrected chi connectivity index (χ4v) is 3.03. The van der Waals surface area contributed by atoms with Gasteiger partial charge < -0.3 is 4.74 Å². The molecule has 7 heteroatoms. The van der Waals surface area contributed by atoms with Gasteiger partial charge in [0.25, 0.3) is 5.69 Å².